The predicted octanol–water partition coefficient (Wildman–Crippen LogP) is 2.70. The molecule has 1 saturated heterocycles. The third kappa shape index (κ3) is 5.13. The zero-order valence-electron chi connectivity index (χ0n) is 16.3. The molecule has 1 unspecified atom stereocenters. The van der Waals surface area contributed by atoms with Crippen LogP contribution in [0.4, 0.5) is 11.4 Å². The summed E-state index contributed by atoms with van der Waals surface area (Å²) in [4.78, 5) is 16.6. The van der Waals surface area contributed by atoms with Gasteiger partial charge in [0, 0.05) is 45.3 Å². The second-order valence-electron chi connectivity index (χ2n) is 7.14. The standard InChI is InChI=1S/C19H31N3O3S/c1-5-16-8-6-7-14-21(16)19(23)13-15-22(26(4,24)25)18-11-9-17(10-12-18)20(2)3/h9-12,16H,5-8,13-15H2,1-4H3. The Morgan fingerprint density at radius 2 is 1.77 bits per heavy atom. The first-order valence-corrected chi connectivity index (χ1v) is 11.1. The van der Waals surface area contributed by atoms with Gasteiger partial charge in [-0.15, -0.1) is 0 Å². The van der Waals surface area contributed by atoms with Gasteiger partial charge in [-0.3, -0.25) is 9.10 Å². The van der Waals surface area contributed by atoms with Gasteiger partial charge in [-0.2, -0.15) is 0 Å². The number of amides is 1. The zero-order valence-corrected chi connectivity index (χ0v) is 17.1. The first kappa shape index (κ1) is 20.6. The van der Waals surface area contributed by atoms with E-state index in [2.05, 4.69) is 6.92 Å². The molecule has 1 aliphatic rings. The lowest BCUT2D eigenvalue weighted by molar-refractivity contribution is -0.134. The number of sulfonamides is 1. The Bertz CT molecular complexity index is 701. The maximum atomic E-state index is 12.7. The molecule has 1 fully saturated rings. The van der Waals surface area contributed by atoms with Crippen molar-refractivity contribution in [3.63, 3.8) is 0 Å². The number of carbonyl (C=O) groups is 1. The minimum atomic E-state index is -3.45. The van der Waals surface area contributed by atoms with Crippen LogP contribution in [0.3, 0.4) is 0 Å². The fraction of sp³-hybridized carbons (Fsp3) is 0.632. The van der Waals surface area contributed by atoms with Gasteiger partial charge in [0.05, 0.1) is 11.9 Å². The van der Waals surface area contributed by atoms with Crippen molar-refractivity contribution in [2.24, 2.45) is 0 Å². The van der Waals surface area contributed by atoms with Gasteiger partial charge in [0.2, 0.25) is 15.9 Å². The summed E-state index contributed by atoms with van der Waals surface area (Å²) < 4.78 is 25.8. The van der Waals surface area contributed by atoms with Gasteiger partial charge in [-0.25, -0.2) is 8.42 Å². The highest BCUT2D eigenvalue weighted by Gasteiger charge is 2.26. The fourth-order valence-electron chi connectivity index (χ4n) is 3.50. The summed E-state index contributed by atoms with van der Waals surface area (Å²) >= 11 is 0. The number of carbonyl (C=O) groups excluding carboxylic acids is 1. The summed E-state index contributed by atoms with van der Waals surface area (Å²) in [6.45, 7) is 3.06. The third-order valence-corrected chi connectivity index (χ3v) is 6.20. The highest BCUT2D eigenvalue weighted by molar-refractivity contribution is 7.92. The molecule has 0 aliphatic carbocycles. The Labute approximate surface area is 157 Å². The van der Waals surface area contributed by atoms with Gasteiger partial charge >= 0.3 is 0 Å². The molecule has 0 spiro atoms. The molecule has 1 aromatic carbocycles. The fourth-order valence-corrected chi connectivity index (χ4v) is 4.43. The van der Waals surface area contributed by atoms with Crippen molar-refractivity contribution in [2.75, 3.05) is 42.6 Å². The maximum absolute atomic E-state index is 12.7. The molecule has 0 saturated carbocycles. The van der Waals surface area contributed by atoms with Gasteiger partial charge in [-0.1, -0.05) is 6.92 Å². The van der Waals surface area contributed by atoms with Crippen LogP contribution in [0.25, 0.3) is 0 Å². The lowest BCUT2D eigenvalue weighted by Gasteiger charge is -2.36. The first-order chi connectivity index (χ1) is 12.2. The van der Waals surface area contributed by atoms with Crippen LogP contribution in [0.5, 0.6) is 0 Å². The lowest BCUT2D eigenvalue weighted by Crippen LogP contribution is -2.44. The molecule has 7 heteroatoms. The van der Waals surface area contributed by atoms with Crippen LogP contribution in [0.2, 0.25) is 0 Å². The molecule has 0 aromatic heterocycles. The summed E-state index contributed by atoms with van der Waals surface area (Å²) in [5.41, 5.74) is 1.59. The largest absolute Gasteiger partial charge is 0.378 e. The normalized spacial score (nSPS) is 17.8. The number of rotatable bonds is 7. The van der Waals surface area contributed by atoms with E-state index in [0.717, 1.165) is 37.9 Å². The molecule has 26 heavy (non-hydrogen) atoms. The molecule has 1 aromatic rings. The SMILES string of the molecule is CCC1CCCCN1C(=O)CCN(c1ccc(N(C)C)cc1)S(C)(=O)=O. The van der Waals surface area contributed by atoms with Crippen molar-refractivity contribution >= 4 is 27.3 Å². The molecule has 0 radical (unpaired) electrons. The molecule has 1 aliphatic heterocycles. The number of hydrogen-bond acceptors (Lipinski definition) is 4. The molecule has 146 valence electrons. The molecule has 2 rings (SSSR count). The quantitative estimate of drug-likeness (QED) is 0.729. The van der Waals surface area contributed by atoms with Crippen molar-refractivity contribution in [2.45, 2.75) is 45.1 Å². The minimum absolute atomic E-state index is 0.0510. The van der Waals surface area contributed by atoms with E-state index in [1.54, 1.807) is 12.1 Å². The summed E-state index contributed by atoms with van der Waals surface area (Å²) in [6.07, 6.45) is 5.59. The van der Waals surface area contributed by atoms with Gasteiger partial charge in [-0.05, 0) is 49.9 Å². The lowest BCUT2D eigenvalue weighted by atomic mass is 9.99. The molecular weight excluding hydrogens is 350 g/mol. The van der Waals surface area contributed by atoms with E-state index in [1.807, 2.05) is 36.0 Å². The van der Waals surface area contributed by atoms with Crippen LogP contribution in [0.1, 0.15) is 39.0 Å². The Balaban J connectivity index is 2.10. The highest BCUT2D eigenvalue weighted by Crippen LogP contribution is 2.23. The number of piperidine rings is 1. The smallest absolute Gasteiger partial charge is 0.232 e. The van der Waals surface area contributed by atoms with E-state index >= 15 is 0 Å². The Kier molecular flexibility index (Phi) is 6.92. The van der Waals surface area contributed by atoms with E-state index in [-0.39, 0.29) is 18.9 Å². The van der Waals surface area contributed by atoms with E-state index < -0.39 is 10.0 Å². The number of nitrogens with zero attached hydrogens (tertiary/aromatic N) is 3. The van der Waals surface area contributed by atoms with Gasteiger partial charge in [0.1, 0.15) is 0 Å². The number of likely N-dealkylation sites (tertiary alicyclic amines) is 1. The Hall–Kier alpha value is -1.76. The summed E-state index contributed by atoms with van der Waals surface area (Å²) in [5.74, 6) is 0.0510. The third-order valence-electron chi connectivity index (χ3n) is 5.00. The summed E-state index contributed by atoms with van der Waals surface area (Å²) in [7, 11) is 0.423. The van der Waals surface area contributed by atoms with Crippen LogP contribution in [-0.4, -0.2) is 58.7 Å². The van der Waals surface area contributed by atoms with E-state index in [1.165, 1.54) is 10.6 Å². The average molecular weight is 382 g/mol. The van der Waals surface area contributed by atoms with Crippen molar-refractivity contribution < 1.29 is 13.2 Å². The zero-order chi connectivity index (χ0) is 19.3. The van der Waals surface area contributed by atoms with E-state index in [9.17, 15) is 13.2 Å². The number of benzene rings is 1. The predicted molar refractivity (Wildman–Crippen MR) is 107 cm³/mol. The Morgan fingerprint density at radius 3 is 2.31 bits per heavy atom. The van der Waals surface area contributed by atoms with E-state index in [4.69, 9.17) is 0 Å². The molecule has 0 N–H and O–H groups in total. The van der Waals surface area contributed by atoms with Crippen LogP contribution in [0.15, 0.2) is 24.3 Å². The van der Waals surface area contributed by atoms with E-state index in [0.29, 0.717) is 11.7 Å². The van der Waals surface area contributed by atoms with Crippen molar-refractivity contribution in [3.05, 3.63) is 24.3 Å². The minimum Gasteiger partial charge on any atom is -0.378 e. The van der Waals surface area contributed by atoms with Gasteiger partial charge in [0.25, 0.3) is 0 Å². The average Bonchev–Trinajstić information content (AvgIpc) is 2.61. The van der Waals surface area contributed by atoms with Crippen LogP contribution >= 0.6 is 0 Å². The molecular formula is C19H31N3O3S. The molecule has 1 amide bonds. The van der Waals surface area contributed by atoms with Crippen LogP contribution in [0, 0.1) is 0 Å². The van der Waals surface area contributed by atoms with Crippen molar-refractivity contribution in [1.82, 2.24) is 4.90 Å². The maximum Gasteiger partial charge on any atom is 0.232 e. The molecule has 0 bridgehead atoms. The summed E-state index contributed by atoms with van der Waals surface area (Å²) in [5, 5.41) is 0. The van der Waals surface area contributed by atoms with Crippen molar-refractivity contribution in [3.8, 4) is 0 Å². The van der Waals surface area contributed by atoms with Crippen LogP contribution < -0.4 is 9.21 Å². The summed E-state index contributed by atoms with van der Waals surface area (Å²) in [6, 6.07) is 7.63. The molecule has 6 nitrogen and oxygen atoms in total. The van der Waals surface area contributed by atoms with Gasteiger partial charge in [0.15, 0.2) is 0 Å². The monoisotopic (exact) mass is 381 g/mol. The Morgan fingerprint density at radius 1 is 1.15 bits per heavy atom. The first-order valence-electron chi connectivity index (χ1n) is 9.28. The van der Waals surface area contributed by atoms with Crippen molar-refractivity contribution in [1.29, 1.82) is 0 Å². The molecule has 1 heterocycles. The number of anilines is 2. The van der Waals surface area contributed by atoms with Crippen LogP contribution in [-0.2, 0) is 14.8 Å². The topological polar surface area (TPSA) is 60.9 Å². The van der Waals surface area contributed by atoms with Gasteiger partial charge < -0.3 is 9.80 Å². The molecule has 1 atom stereocenters. The highest BCUT2D eigenvalue weighted by atomic mass is 32.2. The number of hydrogen-bond donors (Lipinski definition) is 0. The second kappa shape index (κ2) is 8.75. The second-order valence-corrected chi connectivity index (χ2v) is 9.05.